The topological polar surface area (TPSA) is 131 Å². The fraction of sp³-hybridized carbons (Fsp3) is 0.306. The number of anilines is 2. The predicted octanol–water partition coefficient (Wildman–Crippen LogP) is 6.08. The van der Waals surface area contributed by atoms with Crippen LogP contribution in [0.5, 0.6) is 17.2 Å². The lowest BCUT2D eigenvalue weighted by Crippen LogP contribution is -2.60. The average Bonchev–Trinajstić information content (AvgIpc) is 3.47. The first-order valence-corrected chi connectivity index (χ1v) is 16.6. The number of benzene rings is 3. The molecule has 7 rings (SSSR count). The predicted molar refractivity (Wildman–Crippen MR) is 177 cm³/mol. The molecular formula is C36H25Cl2F5N2O8. The van der Waals surface area contributed by atoms with Crippen molar-refractivity contribution in [1.82, 2.24) is 0 Å². The first-order chi connectivity index (χ1) is 25.0. The summed E-state index contributed by atoms with van der Waals surface area (Å²) in [7, 11) is 2.35. The van der Waals surface area contributed by atoms with E-state index in [1.54, 1.807) is 0 Å². The Labute approximate surface area is 306 Å². The Bertz CT molecular complexity index is 2180. The van der Waals surface area contributed by atoms with Crippen molar-refractivity contribution in [3.8, 4) is 17.2 Å². The number of hydrogen-bond donors (Lipinski definition) is 1. The Morgan fingerprint density at radius 2 is 1.36 bits per heavy atom. The number of fused-ring (bicyclic) bond motifs is 4. The van der Waals surface area contributed by atoms with Crippen molar-refractivity contribution in [3.05, 3.63) is 88.3 Å². The molecular weight excluding hydrogens is 754 g/mol. The van der Waals surface area contributed by atoms with Crippen LogP contribution in [0, 0.1) is 46.8 Å². The Morgan fingerprint density at radius 1 is 0.811 bits per heavy atom. The fourth-order valence-electron chi connectivity index (χ4n) is 8.19. The molecule has 53 heavy (non-hydrogen) atoms. The number of allylic oxidation sites excluding steroid dienone is 2. The first-order valence-electron chi connectivity index (χ1n) is 15.9. The third kappa shape index (κ3) is 4.72. The van der Waals surface area contributed by atoms with Gasteiger partial charge in [-0.15, -0.1) is 23.2 Å². The van der Waals surface area contributed by atoms with Crippen molar-refractivity contribution < 1.29 is 60.5 Å². The number of amides is 4. The number of carbonyl (C=O) groups is 5. The number of Topliss-reactive ketones (excluding diaryl/α,β-unsaturated/α-hetero) is 1. The van der Waals surface area contributed by atoms with Gasteiger partial charge in [-0.3, -0.25) is 28.9 Å². The SMILES string of the molecule is COc1cc(O)cc(OC)c1C1C2=CCC3C(=O)N(c4ccc(C(C)=O)cc4)C(=O)C3C2CC2(Cl)C(=O)N(c3c(F)c(F)c(F)c(F)c3F)C(=O)C12Cl. The van der Waals surface area contributed by atoms with E-state index < -0.39 is 104 Å². The summed E-state index contributed by atoms with van der Waals surface area (Å²) in [4.78, 5) is 64.1. The highest BCUT2D eigenvalue weighted by Crippen LogP contribution is 2.68. The molecule has 6 atom stereocenters. The maximum Gasteiger partial charge on any atom is 0.258 e. The molecule has 4 amide bonds. The lowest BCUT2D eigenvalue weighted by atomic mass is 9.56. The van der Waals surface area contributed by atoms with E-state index in [4.69, 9.17) is 32.7 Å². The van der Waals surface area contributed by atoms with Gasteiger partial charge in [-0.1, -0.05) is 11.6 Å². The van der Waals surface area contributed by atoms with Gasteiger partial charge >= 0.3 is 0 Å². The molecule has 0 radical (unpaired) electrons. The third-order valence-corrected chi connectivity index (χ3v) is 12.0. The van der Waals surface area contributed by atoms with Crippen LogP contribution in [0.25, 0.3) is 0 Å². The molecule has 1 saturated carbocycles. The summed E-state index contributed by atoms with van der Waals surface area (Å²) >= 11 is 14.4. The molecule has 17 heteroatoms. The number of nitrogens with zero attached hydrogens (tertiary/aromatic N) is 2. The molecule has 6 unspecified atom stereocenters. The molecule has 2 heterocycles. The summed E-state index contributed by atoms with van der Waals surface area (Å²) < 4.78 is 84.9. The quantitative estimate of drug-likeness (QED) is 0.0607. The molecule has 10 nitrogen and oxygen atoms in total. The highest BCUT2D eigenvalue weighted by molar-refractivity contribution is 6.58. The van der Waals surface area contributed by atoms with Crippen molar-refractivity contribution in [2.24, 2.45) is 17.8 Å². The van der Waals surface area contributed by atoms with Gasteiger partial charge in [-0.25, -0.2) is 26.9 Å². The number of rotatable bonds is 6. The minimum absolute atomic E-state index is 0.117. The van der Waals surface area contributed by atoms with Crippen molar-refractivity contribution in [2.45, 2.75) is 35.4 Å². The summed E-state index contributed by atoms with van der Waals surface area (Å²) in [6.07, 6.45) is 0.667. The number of hydrogen-bond acceptors (Lipinski definition) is 8. The largest absolute Gasteiger partial charge is 0.508 e. The van der Waals surface area contributed by atoms with E-state index in [2.05, 4.69) is 0 Å². The zero-order chi connectivity index (χ0) is 38.6. The van der Waals surface area contributed by atoms with Gasteiger partial charge in [0.05, 0.1) is 31.7 Å². The van der Waals surface area contributed by atoms with E-state index >= 15 is 8.78 Å². The van der Waals surface area contributed by atoms with Gasteiger partial charge in [0, 0.05) is 29.2 Å². The van der Waals surface area contributed by atoms with Crippen LogP contribution in [0.2, 0.25) is 0 Å². The number of imide groups is 2. The Balaban J connectivity index is 1.46. The van der Waals surface area contributed by atoms with Crippen LogP contribution in [0.4, 0.5) is 33.3 Å². The van der Waals surface area contributed by atoms with Gasteiger partial charge in [0.15, 0.2) is 38.8 Å². The number of ketones is 1. The second kappa shape index (κ2) is 12.3. The number of alkyl halides is 2. The molecule has 0 aromatic heterocycles. The summed E-state index contributed by atoms with van der Waals surface area (Å²) in [5, 5.41) is 10.5. The summed E-state index contributed by atoms with van der Waals surface area (Å²) in [6, 6.07) is 7.86. The smallest absolute Gasteiger partial charge is 0.258 e. The number of aromatic hydroxyl groups is 1. The zero-order valence-corrected chi connectivity index (χ0v) is 29.1. The van der Waals surface area contributed by atoms with E-state index in [9.17, 15) is 42.3 Å². The second-order valence-corrected chi connectivity index (χ2v) is 14.3. The molecule has 3 aromatic rings. The van der Waals surface area contributed by atoms with Crippen molar-refractivity contribution >= 4 is 64.0 Å². The lowest BCUT2D eigenvalue weighted by molar-refractivity contribution is -0.125. The molecule has 3 fully saturated rings. The summed E-state index contributed by atoms with van der Waals surface area (Å²) in [5.41, 5.74) is -1.46. The number of phenols is 1. The maximum atomic E-state index is 15.3. The Kier molecular flexibility index (Phi) is 8.41. The van der Waals surface area contributed by atoms with Crippen LogP contribution in [0.3, 0.4) is 0 Å². The Hall–Kier alpha value is -5.02. The van der Waals surface area contributed by atoms with E-state index in [1.165, 1.54) is 51.5 Å². The van der Waals surface area contributed by atoms with Crippen LogP contribution in [-0.4, -0.2) is 58.5 Å². The van der Waals surface area contributed by atoms with Gasteiger partial charge in [-0.05, 0) is 49.9 Å². The average molecular weight is 779 g/mol. The first kappa shape index (κ1) is 36.3. The molecule has 1 N–H and O–H groups in total. The molecule has 2 aliphatic carbocycles. The van der Waals surface area contributed by atoms with Crippen LogP contribution in [-0.2, 0) is 19.2 Å². The summed E-state index contributed by atoms with van der Waals surface area (Å²) in [6.45, 7) is 1.33. The summed E-state index contributed by atoms with van der Waals surface area (Å²) in [5.74, 6) is -23.5. The normalized spacial score (nSPS) is 27.8. The third-order valence-electron chi connectivity index (χ3n) is 10.6. The fourth-order valence-corrected chi connectivity index (χ4v) is 9.11. The lowest BCUT2D eigenvalue weighted by Gasteiger charge is -2.51. The molecule has 2 aliphatic heterocycles. The number of carbonyl (C=O) groups excluding carboxylic acids is 5. The highest BCUT2D eigenvalue weighted by atomic mass is 35.5. The number of ether oxygens (including phenoxy) is 2. The Morgan fingerprint density at radius 3 is 1.89 bits per heavy atom. The van der Waals surface area contributed by atoms with Crippen molar-refractivity contribution in [2.75, 3.05) is 24.0 Å². The molecule has 2 saturated heterocycles. The monoisotopic (exact) mass is 778 g/mol. The molecule has 3 aromatic carbocycles. The van der Waals surface area contributed by atoms with Crippen molar-refractivity contribution in [1.29, 1.82) is 0 Å². The van der Waals surface area contributed by atoms with E-state index in [-0.39, 0.29) is 45.4 Å². The van der Waals surface area contributed by atoms with Gasteiger partial charge in [-0.2, -0.15) is 0 Å². The van der Waals surface area contributed by atoms with Gasteiger partial charge in [0.2, 0.25) is 17.6 Å². The van der Waals surface area contributed by atoms with Crippen LogP contribution >= 0.6 is 23.2 Å². The number of halogens is 7. The molecule has 276 valence electrons. The van der Waals surface area contributed by atoms with E-state index in [0.29, 0.717) is 5.56 Å². The highest BCUT2D eigenvalue weighted by Gasteiger charge is 2.77. The van der Waals surface area contributed by atoms with Crippen LogP contribution in [0.1, 0.15) is 41.6 Å². The standard InChI is InChI=1S/C36H25Cl2F5N2O8/c1-13(46)14-4-6-15(7-5-14)44-31(48)18-9-8-17-19(22(18)32(44)49)12-35(37)33(50)45(30-28(42)26(40)25(39)27(41)29(30)43)34(51)36(35,38)24(17)23-20(52-2)10-16(47)11-21(23)53-3/h4-8,10-11,18-19,22,24,47H,9,12H2,1-3H3. The van der Waals surface area contributed by atoms with Gasteiger partial charge in [0.1, 0.15) is 22.9 Å². The minimum Gasteiger partial charge on any atom is -0.508 e. The number of phenolic OH excluding ortho intramolecular Hbond substituents is 1. The van der Waals surface area contributed by atoms with Crippen LogP contribution < -0.4 is 19.3 Å². The maximum absolute atomic E-state index is 15.3. The minimum atomic E-state index is -2.84. The van der Waals surface area contributed by atoms with Crippen LogP contribution in [0.15, 0.2) is 48.0 Å². The molecule has 4 aliphatic rings. The van der Waals surface area contributed by atoms with E-state index in [1.807, 2.05) is 0 Å². The van der Waals surface area contributed by atoms with Gasteiger partial charge in [0.25, 0.3) is 11.8 Å². The van der Waals surface area contributed by atoms with Gasteiger partial charge < -0.3 is 14.6 Å². The zero-order valence-electron chi connectivity index (χ0n) is 27.6. The van der Waals surface area contributed by atoms with E-state index in [0.717, 1.165) is 17.0 Å². The second-order valence-electron chi connectivity index (χ2n) is 13.1. The van der Waals surface area contributed by atoms with Crippen molar-refractivity contribution in [3.63, 3.8) is 0 Å². The molecule has 0 spiro atoms. The number of methoxy groups -OCH3 is 2. The molecule has 0 bridgehead atoms.